The summed E-state index contributed by atoms with van der Waals surface area (Å²) in [5, 5.41) is 5.46. The molecule has 0 bridgehead atoms. The molecule has 0 saturated carbocycles. The maximum atomic E-state index is 10.6. The molecule has 0 N–H and O–H groups in total. The highest BCUT2D eigenvalue weighted by Gasteiger charge is 1.89. The van der Waals surface area contributed by atoms with Gasteiger partial charge in [0, 0.05) is 6.42 Å². The van der Waals surface area contributed by atoms with Crippen molar-refractivity contribution in [1.29, 1.82) is 0 Å². The molecule has 6 heteroatoms. The Kier molecular flexibility index (Phi) is 7.44. The first-order valence-electron chi connectivity index (χ1n) is 2.22. The third-order valence-corrected chi connectivity index (χ3v) is 0.544. The van der Waals surface area contributed by atoms with Crippen LogP contribution in [-0.4, -0.2) is 13.2 Å². The van der Waals surface area contributed by atoms with Gasteiger partial charge >= 0.3 is 0 Å². The number of halogens is 2. The molecule has 0 atom stereocenters. The first kappa shape index (κ1) is 8.70. The largest absolute Gasteiger partial charge is 0.202 e. The Morgan fingerprint density at radius 2 is 1.33 bits per heavy atom. The summed E-state index contributed by atoms with van der Waals surface area (Å²) in [6.45, 7) is -0.0281. The quantitative estimate of drug-likeness (QED) is 0.317. The van der Waals surface area contributed by atoms with Crippen LogP contribution in [0.2, 0.25) is 0 Å². The SMILES string of the molecule is FOOCCCOOF. The summed E-state index contributed by atoms with van der Waals surface area (Å²) in [6.07, 6.45) is 0.286. The molecular formula is C3H6F2O4. The van der Waals surface area contributed by atoms with Crippen LogP contribution in [0.15, 0.2) is 0 Å². The molecule has 0 aliphatic carbocycles. The second-order valence-electron chi connectivity index (χ2n) is 1.12. The average Bonchev–Trinajstić information content (AvgIpc) is 1.89. The van der Waals surface area contributed by atoms with Crippen molar-refractivity contribution in [3.8, 4) is 0 Å². The highest BCUT2D eigenvalue weighted by atomic mass is 19.3. The van der Waals surface area contributed by atoms with Gasteiger partial charge in [0.05, 0.1) is 13.2 Å². The Hall–Kier alpha value is -0.300. The molecule has 0 radical (unpaired) electrons. The summed E-state index contributed by atoms with van der Waals surface area (Å²) in [5.41, 5.74) is 0. The lowest BCUT2D eigenvalue weighted by Gasteiger charge is -1.93. The molecule has 4 nitrogen and oxygen atoms in total. The van der Waals surface area contributed by atoms with Gasteiger partial charge in [-0.1, -0.05) is 0 Å². The maximum Gasteiger partial charge on any atom is 0.0879 e. The van der Waals surface area contributed by atoms with Crippen molar-refractivity contribution in [2.24, 2.45) is 0 Å². The standard InChI is InChI=1S/C3H6F2O4/c4-8-6-2-1-3-7-9-5/h1-3H2. The van der Waals surface area contributed by atoms with E-state index in [1.807, 2.05) is 0 Å². The van der Waals surface area contributed by atoms with Gasteiger partial charge in [0.1, 0.15) is 0 Å². The summed E-state index contributed by atoms with van der Waals surface area (Å²) >= 11 is 0. The zero-order valence-corrected chi connectivity index (χ0v) is 4.51. The van der Waals surface area contributed by atoms with Crippen molar-refractivity contribution in [3.05, 3.63) is 0 Å². The van der Waals surface area contributed by atoms with Crippen LogP contribution in [0.4, 0.5) is 9.05 Å². The van der Waals surface area contributed by atoms with Crippen molar-refractivity contribution in [2.75, 3.05) is 13.2 Å². The fraction of sp³-hybridized carbons (Fsp3) is 1.00. The van der Waals surface area contributed by atoms with Crippen LogP contribution in [-0.2, 0) is 20.0 Å². The van der Waals surface area contributed by atoms with Crippen LogP contribution < -0.4 is 0 Å². The number of hydrogen-bond donors (Lipinski definition) is 0. The minimum absolute atomic E-state index is 0.0140. The van der Waals surface area contributed by atoms with Gasteiger partial charge in [-0.3, -0.25) is 0 Å². The van der Waals surface area contributed by atoms with Crippen LogP contribution in [0.1, 0.15) is 6.42 Å². The van der Waals surface area contributed by atoms with Crippen LogP contribution in [0, 0.1) is 0 Å². The summed E-state index contributed by atoms with van der Waals surface area (Å²) < 4.78 is 21.3. The van der Waals surface area contributed by atoms with Crippen LogP contribution in [0.3, 0.4) is 0 Å². The number of hydrogen-bond acceptors (Lipinski definition) is 4. The fourth-order valence-corrected chi connectivity index (χ4v) is 0.240. The third-order valence-electron chi connectivity index (χ3n) is 0.544. The van der Waals surface area contributed by atoms with Gasteiger partial charge in [-0.2, -0.15) is 0 Å². The average molecular weight is 144 g/mol. The van der Waals surface area contributed by atoms with Gasteiger partial charge in [0.2, 0.25) is 0 Å². The summed E-state index contributed by atoms with van der Waals surface area (Å²) in [5.74, 6) is 0. The fourth-order valence-electron chi connectivity index (χ4n) is 0.240. The molecule has 0 aromatic heterocycles. The van der Waals surface area contributed by atoms with Crippen molar-refractivity contribution < 1.29 is 29.0 Å². The Morgan fingerprint density at radius 1 is 0.889 bits per heavy atom. The molecule has 0 amide bonds. The molecule has 56 valence electrons. The van der Waals surface area contributed by atoms with E-state index in [0.29, 0.717) is 0 Å². The molecule has 0 unspecified atom stereocenters. The molecule has 0 aromatic rings. The lowest BCUT2D eigenvalue weighted by atomic mass is 10.5. The zero-order chi connectivity index (χ0) is 6.95. The molecule has 9 heavy (non-hydrogen) atoms. The highest BCUT2D eigenvalue weighted by molar-refractivity contribution is 4.25. The van der Waals surface area contributed by atoms with Gasteiger partial charge in [0.15, 0.2) is 0 Å². The maximum absolute atomic E-state index is 10.6. The normalized spacial score (nSPS) is 10.0. The minimum Gasteiger partial charge on any atom is -0.202 e. The van der Waals surface area contributed by atoms with E-state index in [2.05, 4.69) is 20.0 Å². The lowest BCUT2D eigenvalue weighted by Crippen LogP contribution is -1.97. The van der Waals surface area contributed by atoms with Crippen LogP contribution >= 0.6 is 0 Å². The molecule has 0 aliphatic rings. The summed E-state index contributed by atoms with van der Waals surface area (Å²) in [6, 6.07) is 0. The smallest absolute Gasteiger partial charge is 0.0879 e. The lowest BCUT2D eigenvalue weighted by molar-refractivity contribution is -0.443. The topological polar surface area (TPSA) is 36.9 Å². The zero-order valence-electron chi connectivity index (χ0n) is 4.51. The van der Waals surface area contributed by atoms with Crippen molar-refractivity contribution in [3.63, 3.8) is 0 Å². The minimum atomic E-state index is -0.0140. The van der Waals surface area contributed by atoms with E-state index in [-0.39, 0.29) is 19.6 Å². The van der Waals surface area contributed by atoms with Crippen molar-refractivity contribution >= 4 is 0 Å². The Labute approximate surface area is 49.9 Å². The predicted molar refractivity (Wildman–Crippen MR) is 20.9 cm³/mol. The molecule has 0 heterocycles. The second kappa shape index (κ2) is 7.70. The van der Waals surface area contributed by atoms with Crippen molar-refractivity contribution in [2.45, 2.75) is 6.42 Å². The van der Waals surface area contributed by atoms with Gasteiger partial charge in [-0.05, 0) is 19.2 Å². The van der Waals surface area contributed by atoms with Crippen LogP contribution in [0.5, 0.6) is 0 Å². The first-order chi connectivity index (χ1) is 4.41. The van der Waals surface area contributed by atoms with E-state index >= 15 is 0 Å². The van der Waals surface area contributed by atoms with E-state index in [4.69, 9.17) is 0 Å². The monoisotopic (exact) mass is 144 g/mol. The number of rotatable bonds is 6. The van der Waals surface area contributed by atoms with E-state index in [1.54, 1.807) is 0 Å². The Balaban J connectivity index is 2.60. The van der Waals surface area contributed by atoms with Crippen molar-refractivity contribution in [1.82, 2.24) is 0 Å². The van der Waals surface area contributed by atoms with Gasteiger partial charge in [0.25, 0.3) is 0 Å². The highest BCUT2D eigenvalue weighted by Crippen LogP contribution is 1.86. The van der Waals surface area contributed by atoms with Crippen LogP contribution in [0.25, 0.3) is 0 Å². The summed E-state index contributed by atoms with van der Waals surface area (Å²) in [7, 11) is 0. The Morgan fingerprint density at radius 3 is 1.67 bits per heavy atom. The Bertz CT molecular complexity index is 47.1. The van der Waals surface area contributed by atoms with E-state index in [0.717, 1.165) is 0 Å². The molecular weight excluding hydrogens is 138 g/mol. The predicted octanol–water partition coefficient (Wildman–Crippen LogP) is 1.04. The molecule has 0 aliphatic heterocycles. The van der Waals surface area contributed by atoms with E-state index in [9.17, 15) is 9.05 Å². The second-order valence-corrected chi connectivity index (χ2v) is 1.12. The summed E-state index contributed by atoms with van der Waals surface area (Å²) in [4.78, 5) is 7.51. The third kappa shape index (κ3) is 7.70. The first-order valence-corrected chi connectivity index (χ1v) is 2.22. The van der Waals surface area contributed by atoms with E-state index < -0.39 is 0 Å². The molecule has 0 saturated heterocycles. The molecule has 0 spiro atoms. The van der Waals surface area contributed by atoms with Gasteiger partial charge in [-0.25, -0.2) is 9.78 Å². The van der Waals surface area contributed by atoms with Gasteiger partial charge < -0.3 is 0 Å². The van der Waals surface area contributed by atoms with E-state index in [1.165, 1.54) is 0 Å². The molecule has 0 aromatic carbocycles. The molecule has 0 fully saturated rings. The van der Waals surface area contributed by atoms with Gasteiger partial charge in [-0.15, -0.1) is 0 Å². The molecule has 0 rings (SSSR count).